The molecular formula is C27H23ClN6O. The van der Waals surface area contributed by atoms with Crippen molar-refractivity contribution in [3.8, 4) is 0 Å². The molecule has 8 heteroatoms. The molecule has 174 valence electrons. The van der Waals surface area contributed by atoms with Crippen molar-refractivity contribution < 1.29 is 4.79 Å². The van der Waals surface area contributed by atoms with Gasteiger partial charge in [-0.25, -0.2) is 0 Å². The Bertz CT molecular complexity index is 1400. The third-order valence-corrected chi connectivity index (χ3v) is 6.90. The van der Waals surface area contributed by atoms with Crippen molar-refractivity contribution >= 4 is 29.2 Å². The predicted octanol–water partition coefficient (Wildman–Crippen LogP) is 4.36. The maximum absolute atomic E-state index is 13.5. The number of carbonyl (C=O) groups is 1. The molecule has 0 spiro atoms. The second-order valence-electron chi connectivity index (χ2n) is 8.76. The van der Waals surface area contributed by atoms with E-state index in [1.807, 2.05) is 70.5 Å². The summed E-state index contributed by atoms with van der Waals surface area (Å²) in [6.45, 7) is 1.47. The zero-order valence-corrected chi connectivity index (χ0v) is 19.7. The highest BCUT2D eigenvalue weighted by molar-refractivity contribution is 6.30. The van der Waals surface area contributed by atoms with Crippen LogP contribution in [-0.2, 0) is 17.8 Å². The van der Waals surface area contributed by atoms with E-state index in [-0.39, 0.29) is 18.5 Å². The Morgan fingerprint density at radius 2 is 1.69 bits per heavy atom. The Hall–Kier alpha value is -3.97. The maximum Gasteiger partial charge on any atom is 0.251 e. The topological polar surface area (TPSA) is 67.2 Å². The number of fused-ring (bicyclic) bond motifs is 2. The first-order chi connectivity index (χ1) is 17.2. The SMILES string of the molecule is O=C(CN1C(c2ccccc2)=C[C@@H](c2ccc(Cl)cc2)n2nnnc21)N1CCc2ccccc2C1. The first-order valence-corrected chi connectivity index (χ1v) is 12.0. The van der Waals surface area contributed by atoms with Crippen LogP contribution in [0.3, 0.4) is 0 Å². The number of hydrogen-bond donors (Lipinski definition) is 0. The van der Waals surface area contributed by atoms with Gasteiger partial charge in [-0.3, -0.25) is 9.69 Å². The molecule has 6 rings (SSSR count). The Morgan fingerprint density at radius 1 is 0.943 bits per heavy atom. The number of benzene rings is 3. The molecule has 3 heterocycles. The Kier molecular flexibility index (Phi) is 5.54. The number of allylic oxidation sites excluding steroid dienone is 1. The van der Waals surface area contributed by atoms with E-state index in [1.54, 1.807) is 4.68 Å². The lowest BCUT2D eigenvalue weighted by molar-refractivity contribution is -0.130. The fourth-order valence-electron chi connectivity index (χ4n) is 4.82. The number of anilines is 1. The average molecular weight is 483 g/mol. The summed E-state index contributed by atoms with van der Waals surface area (Å²) < 4.78 is 1.76. The second kappa shape index (κ2) is 9.00. The molecule has 0 unspecified atom stereocenters. The summed E-state index contributed by atoms with van der Waals surface area (Å²) in [6, 6.07) is 25.8. The smallest absolute Gasteiger partial charge is 0.251 e. The van der Waals surface area contributed by atoms with E-state index in [0.717, 1.165) is 23.2 Å². The predicted molar refractivity (Wildman–Crippen MR) is 135 cm³/mol. The molecule has 1 aromatic heterocycles. The van der Waals surface area contributed by atoms with Crippen molar-refractivity contribution in [3.63, 3.8) is 0 Å². The van der Waals surface area contributed by atoms with Crippen molar-refractivity contribution in [2.45, 2.75) is 19.0 Å². The summed E-state index contributed by atoms with van der Waals surface area (Å²) >= 11 is 6.13. The van der Waals surface area contributed by atoms with Gasteiger partial charge in [0, 0.05) is 18.1 Å². The van der Waals surface area contributed by atoms with Crippen LogP contribution >= 0.6 is 11.6 Å². The van der Waals surface area contributed by atoms with Gasteiger partial charge in [0.15, 0.2) is 0 Å². The number of rotatable bonds is 4. The van der Waals surface area contributed by atoms with Gasteiger partial charge in [0.05, 0.1) is 5.70 Å². The monoisotopic (exact) mass is 482 g/mol. The normalized spacial score (nSPS) is 16.9. The van der Waals surface area contributed by atoms with Gasteiger partial charge in [0.1, 0.15) is 12.6 Å². The van der Waals surface area contributed by atoms with Crippen molar-refractivity contribution in [2.75, 3.05) is 18.0 Å². The molecule has 0 bridgehead atoms. The number of hydrogen-bond acceptors (Lipinski definition) is 5. The zero-order valence-electron chi connectivity index (χ0n) is 19.0. The summed E-state index contributed by atoms with van der Waals surface area (Å²) in [4.78, 5) is 17.4. The number of nitrogens with zero attached hydrogens (tertiary/aromatic N) is 6. The number of carbonyl (C=O) groups excluding carboxylic acids is 1. The third-order valence-electron chi connectivity index (χ3n) is 6.64. The fourth-order valence-corrected chi connectivity index (χ4v) is 4.95. The molecule has 1 atom stereocenters. The molecular weight excluding hydrogens is 460 g/mol. The number of tetrazole rings is 1. The molecule has 4 aromatic rings. The molecule has 0 saturated carbocycles. The molecule has 0 radical (unpaired) electrons. The van der Waals surface area contributed by atoms with Crippen LogP contribution < -0.4 is 4.90 Å². The Balaban J connectivity index is 1.36. The van der Waals surface area contributed by atoms with Crippen molar-refractivity contribution in [2.24, 2.45) is 0 Å². The third kappa shape index (κ3) is 4.08. The van der Waals surface area contributed by atoms with E-state index in [4.69, 9.17) is 11.6 Å². The first kappa shape index (κ1) is 21.6. The van der Waals surface area contributed by atoms with Gasteiger partial charge < -0.3 is 4.90 Å². The van der Waals surface area contributed by atoms with Gasteiger partial charge >= 0.3 is 0 Å². The van der Waals surface area contributed by atoms with E-state index < -0.39 is 0 Å². The lowest BCUT2D eigenvalue weighted by Gasteiger charge is -2.35. The van der Waals surface area contributed by atoms with Crippen LogP contribution in [0, 0.1) is 0 Å². The molecule has 3 aromatic carbocycles. The molecule has 0 fully saturated rings. The first-order valence-electron chi connectivity index (χ1n) is 11.6. The summed E-state index contributed by atoms with van der Waals surface area (Å²) in [5.41, 5.74) is 5.43. The minimum Gasteiger partial charge on any atom is -0.336 e. The van der Waals surface area contributed by atoms with Crippen molar-refractivity contribution in [1.82, 2.24) is 25.1 Å². The number of amides is 1. The van der Waals surface area contributed by atoms with Crippen molar-refractivity contribution in [1.29, 1.82) is 0 Å². The van der Waals surface area contributed by atoms with Gasteiger partial charge in [-0.1, -0.05) is 83.4 Å². The summed E-state index contributed by atoms with van der Waals surface area (Å²) in [7, 11) is 0. The lowest BCUT2D eigenvalue weighted by atomic mass is 9.99. The van der Waals surface area contributed by atoms with Gasteiger partial charge in [-0.15, -0.1) is 0 Å². The minimum absolute atomic E-state index is 0.0424. The molecule has 1 amide bonds. The van der Waals surface area contributed by atoms with E-state index in [0.29, 0.717) is 24.1 Å². The van der Waals surface area contributed by atoms with E-state index >= 15 is 0 Å². The lowest BCUT2D eigenvalue weighted by Crippen LogP contribution is -2.44. The van der Waals surface area contributed by atoms with E-state index in [9.17, 15) is 4.79 Å². The van der Waals surface area contributed by atoms with Gasteiger partial charge in [-0.2, -0.15) is 4.68 Å². The van der Waals surface area contributed by atoms with Gasteiger partial charge in [0.25, 0.3) is 5.95 Å². The van der Waals surface area contributed by atoms with E-state index in [2.05, 4.69) is 39.8 Å². The van der Waals surface area contributed by atoms with Crippen LogP contribution in [0.25, 0.3) is 5.70 Å². The van der Waals surface area contributed by atoms with Crippen LogP contribution in [0.4, 0.5) is 5.95 Å². The van der Waals surface area contributed by atoms with Crippen LogP contribution in [-0.4, -0.2) is 44.1 Å². The zero-order chi connectivity index (χ0) is 23.8. The molecule has 2 aliphatic heterocycles. The summed E-state index contributed by atoms with van der Waals surface area (Å²) in [5.74, 6) is 0.581. The highest BCUT2D eigenvalue weighted by atomic mass is 35.5. The Morgan fingerprint density at radius 3 is 2.49 bits per heavy atom. The maximum atomic E-state index is 13.5. The average Bonchev–Trinajstić information content (AvgIpc) is 3.40. The summed E-state index contributed by atoms with van der Waals surface area (Å²) in [5, 5.41) is 13.2. The Labute approximate surface area is 208 Å². The highest BCUT2D eigenvalue weighted by Gasteiger charge is 2.33. The number of aromatic nitrogens is 4. The van der Waals surface area contributed by atoms with Crippen molar-refractivity contribution in [3.05, 3.63) is 112 Å². The van der Waals surface area contributed by atoms with Crippen LogP contribution in [0.2, 0.25) is 5.02 Å². The molecule has 35 heavy (non-hydrogen) atoms. The van der Waals surface area contributed by atoms with Crippen LogP contribution in [0.5, 0.6) is 0 Å². The summed E-state index contributed by atoms with van der Waals surface area (Å²) in [6.07, 6.45) is 2.97. The second-order valence-corrected chi connectivity index (χ2v) is 9.19. The quantitative estimate of drug-likeness (QED) is 0.432. The standard InChI is InChI=1S/C27H23ClN6O/c28-23-12-10-21(11-13-23)25-16-24(20-7-2-1-3-8-20)33(27-29-30-31-34(25)27)18-26(35)32-15-14-19-6-4-5-9-22(19)17-32/h1-13,16,25H,14-15,17-18H2/t25-/m0/s1. The van der Waals surface area contributed by atoms with E-state index in [1.165, 1.54) is 11.1 Å². The molecule has 7 nitrogen and oxygen atoms in total. The molecule has 2 aliphatic rings. The number of halogens is 1. The molecule has 0 N–H and O–H groups in total. The van der Waals surface area contributed by atoms with Crippen LogP contribution in [0.1, 0.15) is 28.3 Å². The molecule has 0 saturated heterocycles. The van der Waals surface area contributed by atoms with Gasteiger partial charge in [0.2, 0.25) is 5.91 Å². The van der Waals surface area contributed by atoms with Gasteiger partial charge in [-0.05, 0) is 57.3 Å². The van der Waals surface area contributed by atoms with Crippen LogP contribution in [0.15, 0.2) is 84.9 Å². The fraction of sp³-hybridized carbons (Fsp3) is 0.185. The largest absolute Gasteiger partial charge is 0.336 e. The minimum atomic E-state index is -0.222. The molecule has 0 aliphatic carbocycles. The highest BCUT2D eigenvalue weighted by Crippen LogP contribution is 2.36.